The van der Waals surface area contributed by atoms with Crippen molar-refractivity contribution in [1.29, 1.82) is 0 Å². The van der Waals surface area contributed by atoms with E-state index in [0.29, 0.717) is 11.6 Å². The van der Waals surface area contributed by atoms with Crippen molar-refractivity contribution >= 4 is 17.8 Å². The molecule has 0 amide bonds. The van der Waals surface area contributed by atoms with Gasteiger partial charge in [0, 0.05) is 16.8 Å². The molecule has 0 unspecified atom stereocenters. The smallest absolute Gasteiger partial charge is 0.120 e. The van der Waals surface area contributed by atoms with Gasteiger partial charge in [-0.15, -0.1) is 0 Å². The van der Waals surface area contributed by atoms with Crippen molar-refractivity contribution in [1.82, 2.24) is 0 Å². The molecule has 2 rings (SSSR count). The predicted molar refractivity (Wildman–Crippen MR) is 70.9 cm³/mol. The Balaban J connectivity index is 2.03. The first kappa shape index (κ1) is 11.7. The van der Waals surface area contributed by atoms with Gasteiger partial charge in [-0.2, -0.15) is 0 Å². The molecule has 3 heteroatoms. The summed E-state index contributed by atoms with van der Waals surface area (Å²) in [6, 6.07) is 14.6. The first-order valence-corrected chi connectivity index (χ1v) is 5.66. The molecule has 0 aliphatic carbocycles. The normalized spacial score (nSPS) is 10.9. The second kappa shape index (κ2) is 5.51. The van der Waals surface area contributed by atoms with Crippen molar-refractivity contribution in [3.8, 4) is 5.75 Å². The van der Waals surface area contributed by atoms with E-state index in [4.69, 9.17) is 11.6 Å². The Bertz CT molecular complexity index is 520. The van der Waals surface area contributed by atoms with Crippen LogP contribution in [-0.4, -0.2) is 11.3 Å². The van der Waals surface area contributed by atoms with Crippen LogP contribution in [0.1, 0.15) is 11.1 Å². The number of hydrogen-bond donors (Lipinski definition) is 1. The van der Waals surface area contributed by atoms with Gasteiger partial charge in [-0.05, 0) is 23.8 Å². The largest absolute Gasteiger partial charge is 0.508 e. The first-order valence-electron chi connectivity index (χ1n) is 5.28. The molecule has 17 heavy (non-hydrogen) atoms. The van der Waals surface area contributed by atoms with Crippen molar-refractivity contribution in [2.24, 2.45) is 4.99 Å². The van der Waals surface area contributed by atoms with Crippen LogP contribution in [0.4, 0.5) is 0 Å². The molecular weight excluding hydrogens is 234 g/mol. The Kier molecular flexibility index (Phi) is 3.78. The lowest BCUT2D eigenvalue weighted by Gasteiger charge is -1.99. The van der Waals surface area contributed by atoms with E-state index < -0.39 is 0 Å². The summed E-state index contributed by atoms with van der Waals surface area (Å²) in [5, 5.41) is 10.3. The lowest BCUT2D eigenvalue weighted by atomic mass is 10.2. The average Bonchev–Trinajstić information content (AvgIpc) is 2.34. The van der Waals surface area contributed by atoms with Gasteiger partial charge in [-0.25, -0.2) is 0 Å². The van der Waals surface area contributed by atoms with Gasteiger partial charge in [-0.1, -0.05) is 41.9 Å². The molecular formula is C14H12ClNO. The van der Waals surface area contributed by atoms with E-state index in [1.807, 2.05) is 36.4 Å². The minimum Gasteiger partial charge on any atom is -0.508 e. The van der Waals surface area contributed by atoms with Crippen molar-refractivity contribution in [2.45, 2.75) is 6.54 Å². The van der Waals surface area contributed by atoms with E-state index in [-0.39, 0.29) is 5.75 Å². The number of hydrogen-bond acceptors (Lipinski definition) is 2. The van der Waals surface area contributed by atoms with E-state index in [0.717, 1.165) is 11.1 Å². The van der Waals surface area contributed by atoms with Gasteiger partial charge < -0.3 is 5.11 Å². The Morgan fingerprint density at radius 3 is 2.47 bits per heavy atom. The minimum atomic E-state index is 0.278. The van der Waals surface area contributed by atoms with Gasteiger partial charge >= 0.3 is 0 Å². The number of phenols is 1. The average molecular weight is 246 g/mol. The van der Waals surface area contributed by atoms with E-state index in [9.17, 15) is 5.11 Å². The summed E-state index contributed by atoms with van der Waals surface area (Å²) in [4.78, 5) is 4.27. The number of benzene rings is 2. The highest BCUT2D eigenvalue weighted by Crippen LogP contribution is 2.16. The summed E-state index contributed by atoms with van der Waals surface area (Å²) < 4.78 is 0. The molecule has 0 spiro atoms. The molecule has 0 heterocycles. The fourth-order valence-electron chi connectivity index (χ4n) is 1.44. The maximum absolute atomic E-state index is 9.55. The molecule has 0 bridgehead atoms. The number of nitrogens with zero attached hydrogens (tertiary/aromatic N) is 1. The molecule has 86 valence electrons. The molecule has 0 radical (unpaired) electrons. The summed E-state index contributed by atoms with van der Waals surface area (Å²) in [6.45, 7) is 0.468. The van der Waals surface area contributed by atoms with Crippen molar-refractivity contribution in [3.05, 3.63) is 64.7 Å². The van der Waals surface area contributed by atoms with E-state index in [1.165, 1.54) is 0 Å². The summed E-state index contributed by atoms with van der Waals surface area (Å²) in [5.41, 5.74) is 1.81. The highest BCUT2D eigenvalue weighted by atomic mass is 35.5. The molecule has 0 aromatic heterocycles. The number of aliphatic imine (C=N–C) groups is 1. The number of phenolic OH excluding ortho intramolecular Hbond substituents is 1. The lowest BCUT2D eigenvalue weighted by Crippen LogP contribution is -1.85. The summed E-state index contributed by atoms with van der Waals surface area (Å²) >= 11 is 5.78. The quantitative estimate of drug-likeness (QED) is 0.823. The van der Waals surface area contributed by atoms with E-state index >= 15 is 0 Å². The van der Waals surface area contributed by atoms with E-state index in [2.05, 4.69) is 4.99 Å². The van der Waals surface area contributed by atoms with Gasteiger partial charge in [0.15, 0.2) is 0 Å². The minimum absolute atomic E-state index is 0.278. The maximum atomic E-state index is 9.55. The molecule has 2 aromatic rings. The number of para-hydroxylation sites is 1. The summed E-state index contributed by atoms with van der Waals surface area (Å²) in [7, 11) is 0. The van der Waals surface area contributed by atoms with Crippen LogP contribution in [0.25, 0.3) is 0 Å². The second-order valence-corrected chi connectivity index (χ2v) is 4.09. The van der Waals surface area contributed by atoms with Gasteiger partial charge in [-0.3, -0.25) is 4.99 Å². The van der Waals surface area contributed by atoms with Crippen LogP contribution in [0.3, 0.4) is 0 Å². The third kappa shape index (κ3) is 3.33. The van der Waals surface area contributed by atoms with Gasteiger partial charge in [0.05, 0.1) is 6.54 Å². The SMILES string of the molecule is Oc1ccccc1CN=Cc1ccc(Cl)cc1. The number of aromatic hydroxyl groups is 1. The van der Waals surface area contributed by atoms with Crippen LogP contribution in [-0.2, 0) is 6.54 Å². The Morgan fingerprint density at radius 1 is 1.06 bits per heavy atom. The van der Waals surface area contributed by atoms with Gasteiger partial charge in [0.1, 0.15) is 5.75 Å². The van der Waals surface area contributed by atoms with Crippen LogP contribution in [0.5, 0.6) is 5.75 Å². The Morgan fingerprint density at radius 2 is 1.76 bits per heavy atom. The van der Waals surface area contributed by atoms with Crippen LogP contribution in [0.2, 0.25) is 5.02 Å². The fraction of sp³-hybridized carbons (Fsp3) is 0.0714. The number of rotatable bonds is 3. The summed E-state index contributed by atoms with van der Waals surface area (Å²) in [5.74, 6) is 0.278. The first-order chi connectivity index (χ1) is 8.25. The monoisotopic (exact) mass is 245 g/mol. The molecule has 0 aliphatic heterocycles. The van der Waals surface area contributed by atoms with Crippen LogP contribution in [0.15, 0.2) is 53.5 Å². The Labute approximate surface area is 105 Å². The zero-order valence-corrected chi connectivity index (χ0v) is 9.93. The third-order valence-electron chi connectivity index (χ3n) is 2.36. The standard InChI is InChI=1S/C14H12ClNO/c15-13-7-5-11(6-8-13)9-16-10-12-3-1-2-4-14(12)17/h1-9,17H,10H2. The molecule has 0 fully saturated rings. The lowest BCUT2D eigenvalue weighted by molar-refractivity contribution is 0.468. The topological polar surface area (TPSA) is 32.6 Å². The van der Waals surface area contributed by atoms with Crippen molar-refractivity contribution in [2.75, 3.05) is 0 Å². The third-order valence-corrected chi connectivity index (χ3v) is 2.62. The molecule has 2 nitrogen and oxygen atoms in total. The van der Waals surface area contributed by atoms with Gasteiger partial charge in [0.2, 0.25) is 0 Å². The molecule has 0 saturated carbocycles. The predicted octanol–water partition coefficient (Wildman–Crippen LogP) is 3.66. The molecule has 0 aliphatic rings. The van der Waals surface area contributed by atoms with Crippen molar-refractivity contribution in [3.63, 3.8) is 0 Å². The van der Waals surface area contributed by atoms with Crippen LogP contribution in [0, 0.1) is 0 Å². The van der Waals surface area contributed by atoms with Crippen LogP contribution >= 0.6 is 11.6 Å². The zero-order chi connectivity index (χ0) is 12.1. The molecule has 0 atom stereocenters. The molecule has 2 aromatic carbocycles. The highest BCUT2D eigenvalue weighted by Gasteiger charge is 1.96. The zero-order valence-electron chi connectivity index (χ0n) is 9.18. The highest BCUT2D eigenvalue weighted by molar-refractivity contribution is 6.30. The van der Waals surface area contributed by atoms with E-state index in [1.54, 1.807) is 18.3 Å². The fourth-order valence-corrected chi connectivity index (χ4v) is 1.57. The molecule has 0 saturated heterocycles. The molecule has 1 N–H and O–H groups in total. The van der Waals surface area contributed by atoms with Gasteiger partial charge in [0.25, 0.3) is 0 Å². The summed E-state index contributed by atoms with van der Waals surface area (Å²) in [6.07, 6.45) is 1.77. The Hall–Kier alpha value is -1.80. The maximum Gasteiger partial charge on any atom is 0.120 e. The van der Waals surface area contributed by atoms with Crippen molar-refractivity contribution < 1.29 is 5.11 Å². The second-order valence-electron chi connectivity index (χ2n) is 3.65. The number of halogens is 1. The van der Waals surface area contributed by atoms with Crippen LogP contribution < -0.4 is 0 Å².